The van der Waals surface area contributed by atoms with Crippen molar-refractivity contribution in [1.82, 2.24) is 4.31 Å². The van der Waals surface area contributed by atoms with Gasteiger partial charge in [0, 0.05) is 22.6 Å². The van der Waals surface area contributed by atoms with Crippen molar-refractivity contribution in [3.63, 3.8) is 0 Å². The van der Waals surface area contributed by atoms with Crippen LogP contribution >= 0.6 is 15.9 Å². The Morgan fingerprint density at radius 2 is 1.63 bits per heavy atom. The highest BCUT2D eigenvalue weighted by Gasteiger charge is 2.54. The molecule has 1 atom stereocenters. The molecule has 0 aliphatic heterocycles. The number of alkyl halides is 3. The standard InChI is InChI=1S/C21H21BrF3NO3S/c1-3-4-14-26(30(28,29)19-11-5-16(2)6-12-19)15-13-20(27,21(23,24)25)17-7-9-18(22)10-8-17/h5-12,27H,3-4,14H2,1-2H3. The molecule has 0 aliphatic carbocycles. The van der Waals surface area contributed by atoms with Gasteiger partial charge in [0.15, 0.2) is 0 Å². The van der Waals surface area contributed by atoms with E-state index >= 15 is 0 Å². The summed E-state index contributed by atoms with van der Waals surface area (Å²) in [6.07, 6.45) is -4.14. The van der Waals surface area contributed by atoms with Gasteiger partial charge in [-0.1, -0.05) is 59.1 Å². The number of aliphatic hydroxyl groups is 1. The van der Waals surface area contributed by atoms with Crippen molar-refractivity contribution in [1.29, 1.82) is 0 Å². The molecule has 9 heteroatoms. The third-order valence-electron chi connectivity index (χ3n) is 4.36. The van der Waals surface area contributed by atoms with Crippen LogP contribution in [0.4, 0.5) is 13.2 Å². The lowest BCUT2D eigenvalue weighted by atomic mass is 9.94. The molecule has 2 aromatic rings. The number of hydrogen-bond acceptors (Lipinski definition) is 3. The smallest absolute Gasteiger partial charge is 0.366 e. The molecule has 0 amide bonds. The highest BCUT2D eigenvalue weighted by molar-refractivity contribution is 9.10. The van der Waals surface area contributed by atoms with Crippen LogP contribution in [0.1, 0.15) is 30.9 Å². The molecule has 4 nitrogen and oxygen atoms in total. The molecule has 1 unspecified atom stereocenters. The summed E-state index contributed by atoms with van der Waals surface area (Å²) in [6, 6.07) is 12.8. The largest absolute Gasteiger partial charge is 0.433 e. The van der Waals surface area contributed by atoms with Gasteiger partial charge in [0.1, 0.15) is 0 Å². The lowest BCUT2D eigenvalue weighted by Gasteiger charge is -2.26. The Morgan fingerprint density at radius 1 is 1.07 bits per heavy atom. The average molecular weight is 504 g/mol. The summed E-state index contributed by atoms with van der Waals surface area (Å²) in [4.78, 5) is -0.0855. The van der Waals surface area contributed by atoms with Crippen LogP contribution in [0.3, 0.4) is 0 Å². The summed E-state index contributed by atoms with van der Waals surface area (Å²) in [5.41, 5.74) is -3.20. The highest BCUT2D eigenvalue weighted by atomic mass is 79.9. The van der Waals surface area contributed by atoms with Gasteiger partial charge < -0.3 is 5.11 Å². The number of halogens is 4. The van der Waals surface area contributed by atoms with Crippen LogP contribution in [0, 0.1) is 18.9 Å². The van der Waals surface area contributed by atoms with E-state index in [9.17, 15) is 26.7 Å². The molecule has 0 radical (unpaired) electrons. The number of sulfonamides is 1. The Labute approximate surface area is 182 Å². The van der Waals surface area contributed by atoms with Crippen molar-refractivity contribution in [2.75, 3.05) is 6.54 Å². The monoisotopic (exact) mass is 503 g/mol. The van der Waals surface area contributed by atoms with Crippen LogP contribution in [0.2, 0.25) is 0 Å². The number of aryl methyl sites for hydroxylation is 1. The molecule has 2 rings (SSSR count). The number of rotatable bonds is 6. The molecule has 0 aromatic heterocycles. The van der Waals surface area contributed by atoms with Crippen LogP contribution in [0.5, 0.6) is 0 Å². The Morgan fingerprint density at radius 3 is 2.13 bits per heavy atom. The van der Waals surface area contributed by atoms with Crippen LogP contribution in [0.25, 0.3) is 0 Å². The van der Waals surface area contributed by atoms with Crippen molar-refractivity contribution >= 4 is 26.0 Å². The van der Waals surface area contributed by atoms with Crippen molar-refractivity contribution in [3.8, 4) is 12.0 Å². The van der Waals surface area contributed by atoms with E-state index in [0.717, 1.165) is 17.7 Å². The first-order valence-corrected chi connectivity index (χ1v) is 11.3. The maximum atomic E-state index is 13.7. The highest BCUT2D eigenvalue weighted by Crippen LogP contribution is 2.39. The van der Waals surface area contributed by atoms with Crippen molar-refractivity contribution in [3.05, 3.63) is 64.1 Å². The Bertz CT molecular complexity index is 1030. The maximum Gasteiger partial charge on any atom is 0.433 e. The van der Waals surface area contributed by atoms with E-state index in [-0.39, 0.29) is 11.4 Å². The van der Waals surface area contributed by atoms with Gasteiger partial charge in [-0.25, -0.2) is 12.7 Å². The molecular formula is C21H21BrF3NO3S. The van der Waals surface area contributed by atoms with E-state index in [1.807, 2.05) is 6.92 Å². The van der Waals surface area contributed by atoms with Crippen molar-refractivity contribution in [2.24, 2.45) is 0 Å². The second kappa shape index (κ2) is 9.41. The fourth-order valence-electron chi connectivity index (χ4n) is 2.52. The Kier molecular flexibility index (Phi) is 7.61. The van der Waals surface area contributed by atoms with Gasteiger partial charge in [-0.3, -0.25) is 0 Å². The number of nitrogens with zero attached hydrogens (tertiary/aromatic N) is 1. The third-order valence-corrected chi connectivity index (χ3v) is 6.61. The molecule has 2 aromatic carbocycles. The second-order valence-electron chi connectivity index (χ2n) is 6.70. The molecule has 0 heterocycles. The first-order chi connectivity index (χ1) is 13.9. The van der Waals surface area contributed by atoms with E-state index in [4.69, 9.17) is 0 Å². The molecule has 0 fully saturated rings. The number of unbranched alkanes of at least 4 members (excludes halogenated alkanes) is 1. The molecule has 162 valence electrons. The Balaban J connectivity index is 2.55. The van der Waals surface area contributed by atoms with Gasteiger partial charge in [0.05, 0.1) is 4.90 Å². The quantitative estimate of drug-likeness (QED) is 0.447. The summed E-state index contributed by atoms with van der Waals surface area (Å²) in [6.45, 7) is 3.50. The van der Waals surface area contributed by atoms with Gasteiger partial charge >= 0.3 is 6.18 Å². The summed E-state index contributed by atoms with van der Waals surface area (Å²) >= 11 is 3.12. The SMILES string of the molecule is CCCCN(C#CC(O)(c1ccc(Br)cc1)C(F)(F)F)S(=O)(=O)c1ccc(C)cc1. The van der Waals surface area contributed by atoms with Crippen LogP contribution < -0.4 is 0 Å². The molecule has 0 bridgehead atoms. The van der Waals surface area contributed by atoms with Crippen LogP contribution in [-0.4, -0.2) is 30.6 Å². The van der Waals surface area contributed by atoms with Gasteiger partial charge in [0.2, 0.25) is 5.60 Å². The second-order valence-corrected chi connectivity index (χ2v) is 9.47. The summed E-state index contributed by atoms with van der Waals surface area (Å²) in [5, 5.41) is 10.4. The first kappa shape index (κ1) is 24.3. The Hall–Kier alpha value is -2.02. The van der Waals surface area contributed by atoms with Crippen molar-refractivity contribution < 1.29 is 26.7 Å². The minimum absolute atomic E-state index is 0.0855. The molecule has 1 N–H and O–H groups in total. The topological polar surface area (TPSA) is 57.6 Å². The maximum absolute atomic E-state index is 13.7. The molecule has 0 saturated carbocycles. The number of benzene rings is 2. The molecule has 0 saturated heterocycles. The number of hydrogen-bond donors (Lipinski definition) is 1. The minimum atomic E-state index is -5.14. The zero-order chi connectivity index (χ0) is 22.6. The summed E-state index contributed by atoms with van der Waals surface area (Å²) in [7, 11) is -4.17. The average Bonchev–Trinajstić information content (AvgIpc) is 2.67. The zero-order valence-electron chi connectivity index (χ0n) is 16.4. The predicted molar refractivity (Wildman–Crippen MR) is 112 cm³/mol. The van der Waals surface area contributed by atoms with Crippen molar-refractivity contribution in [2.45, 2.75) is 43.4 Å². The van der Waals surface area contributed by atoms with Gasteiger partial charge in [-0.2, -0.15) is 13.2 Å². The lowest BCUT2D eigenvalue weighted by molar-refractivity contribution is -0.240. The zero-order valence-corrected chi connectivity index (χ0v) is 18.8. The van der Waals surface area contributed by atoms with Gasteiger partial charge in [0.25, 0.3) is 10.0 Å². The van der Waals surface area contributed by atoms with E-state index < -0.39 is 27.4 Å². The first-order valence-electron chi connectivity index (χ1n) is 9.09. The van der Waals surface area contributed by atoms with Gasteiger partial charge in [-0.15, -0.1) is 0 Å². The molecule has 0 spiro atoms. The molecule has 30 heavy (non-hydrogen) atoms. The normalized spacial score (nSPS) is 13.8. The van der Waals surface area contributed by atoms with E-state index in [1.54, 1.807) is 25.0 Å². The third kappa shape index (κ3) is 5.36. The van der Waals surface area contributed by atoms with Crippen LogP contribution in [-0.2, 0) is 15.6 Å². The van der Waals surface area contributed by atoms with E-state index in [2.05, 4.69) is 22.0 Å². The van der Waals surface area contributed by atoms with Crippen LogP contribution in [0.15, 0.2) is 57.9 Å². The lowest BCUT2D eigenvalue weighted by Crippen LogP contribution is -2.41. The molecular weight excluding hydrogens is 483 g/mol. The van der Waals surface area contributed by atoms with Gasteiger partial charge in [-0.05, 0) is 43.5 Å². The summed E-state index contributed by atoms with van der Waals surface area (Å²) < 4.78 is 68.3. The molecule has 0 aliphatic rings. The fraction of sp³-hybridized carbons (Fsp3) is 0.333. The fourth-order valence-corrected chi connectivity index (χ4v) is 4.05. The van der Waals surface area contributed by atoms with E-state index in [0.29, 0.717) is 21.6 Å². The summed E-state index contributed by atoms with van der Waals surface area (Å²) in [5.74, 6) is 1.78. The predicted octanol–water partition coefficient (Wildman–Crippen LogP) is 4.96. The van der Waals surface area contributed by atoms with E-state index in [1.165, 1.54) is 24.3 Å². The minimum Gasteiger partial charge on any atom is -0.366 e.